The summed E-state index contributed by atoms with van der Waals surface area (Å²) in [5.41, 5.74) is 3.10. The van der Waals surface area contributed by atoms with Gasteiger partial charge in [-0.2, -0.15) is 0 Å². The van der Waals surface area contributed by atoms with E-state index in [-0.39, 0.29) is 17.5 Å². The van der Waals surface area contributed by atoms with Crippen LogP contribution in [-0.4, -0.2) is 42.6 Å². The van der Waals surface area contributed by atoms with E-state index in [1.165, 1.54) is 11.8 Å². The molecule has 0 unspecified atom stereocenters. The Morgan fingerprint density at radius 2 is 1.46 bits per heavy atom. The number of ether oxygens (including phenoxy) is 1. The normalized spacial score (nSPS) is 23.5. The predicted octanol–water partition coefficient (Wildman–Crippen LogP) is 4.17. The second-order valence-electron chi connectivity index (χ2n) is 9.52. The number of carbonyl (C=O) groups is 4. The number of para-hydroxylation sites is 1. The first-order valence-corrected chi connectivity index (χ1v) is 12.1. The largest absolute Gasteiger partial charge is 0.497 e. The zero-order valence-electron chi connectivity index (χ0n) is 20.3. The molecule has 0 saturated carbocycles. The highest BCUT2D eigenvalue weighted by Gasteiger charge is 2.64. The Balaban J connectivity index is 1.45. The highest BCUT2D eigenvalue weighted by atomic mass is 16.5. The maximum absolute atomic E-state index is 14.0. The van der Waals surface area contributed by atoms with Gasteiger partial charge in [0.2, 0.25) is 11.8 Å². The lowest BCUT2D eigenvalue weighted by Gasteiger charge is -2.36. The van der Waals surface area contributed by atoms with E-state index in [1.54, 1.807) is 55.6 Å². The Kier molecular flexibility index (Phi) is 5.30. The van der Waals surface area contributed by atoms with E-state index in [2.05, 4.69) is 0 Å². The first kappa shape index (κ1) is 22.9. The zero-order valence-corrected chi connectivity index (χ0v) is 20.3. The van der Waals surface area contributed by atoms with Crippen LogP contribution in [0.4, 0.5) is 11.4 Å². The average molecular weight is 493 g/mol. The molecule has 0 N–H and O–H groups in total. The molecule has 3 aliphatic rings. The number of hydrogen-bond acceptors (Lipinski definition) is 6. The Hall–Kier alpha value is -4.52. The average Bonchev–Trinajstić information content (AvgIpc) is 3.41. The maximum atomic E-state index is 14.0. The summed E-state index contributed by atoms with van der Waals surface area (Å²) in [4.78, 5) is 56.6. The molecule has 0 bridgehead atoms. The quantitative estimate of drug-likeness (QED) is 0.393. The minimum Gasteiger partial charge on any atom is -0.497 e. The molecule has 6 rings (SSSR count). The highest BCUT2D eigenvalue weighted by molar-refractivity contribution is 6.25. The Morgan fingerprint density at radius 3 is 2.14 bits per heavy atom. The molecule has 0 aliphatic carbocycles. The Labute approximate surface area is 213 Å². The summed E-state index contributed by atoms with van der Waals surface area (Å²) in [5, 5.41) is 0. The molecule has 3 aromatic rings. The number of hydrogen-bond donors (Lipinski definition) is 0. The van der Waals surface area contributed by atoms with Gasteiger partial charge in [-0.15, -0.1) is 0 Å². The third-order valence-electron chi connectivity index (χ3n) is 7.59. The fraction of sp³-hybridized carbons (Fsp3) is 0.200. The van der Waals surface area contributed by atoms with Gasteiger partial charge in [0, 0.05) is 16.8 Å². The van der Waals surface area contributed by atoms with E-state index in [0.717, 1.165) is 11.3 Å². The zero-order chi connectivity index (χ0) is 25.8. The van der Waals surface area contributed by atoms with Gasteiger partial charge in [0.05, 0.1) is 30.7 Å². The van der Waals surface area contributed by atoms with Gasteiger partial charge in [-0.05, 0) is 67.1 Å². The second kappa shape index (κ2) is 8.55. The van der Waals surface area contributed by atoms with Crippen molar-refractivity contribution in [2.24, 2.45) is 11.8 Å². The lowest BCUT2D eigenvalue weighted by atomic mass is 9.86. The van der Waals surface area contributed by atoms with Crippen molar-refractivity contribution >= 4 is 40.8 Å². The molecular formula is C30H24N2O5. The van der Waals surface area contributed by atoms with Crippen LogP contribution in [-0.2, 0) is 9.59 Å². The molecule has 3 aromatic carbocycles. The number of methoxy groups -OCH3 is 1. The fourth-order valence-electron chi connectivity index (χ4n) is 5.84. The minimum absolute atomic E-state index is 0.103. The number of Topliss-reactive ketones (excluding diaryl/α,β-unsaturated/α-hetero) is 2. The Bertz CT molecular complexity index is 1470. The van der Waals surface area contributed by atoms with Crippen molar-refractivity contribution in [2.75, 3.05) is 16.9 Å². The van der Waals surface area contributed by atoms with Gasteiger partial charge >= 0.3 is 0 Å². The van der Waals surface area contributed by atoms with E-state index in [0.29, 0.717) is 22.6 Å². The number of carbonyl (C=O) groups excluding carboxylic acids is 4. The monoisotopic (exact) mass is 492 g/mol. The van der Waals surface area contributed by atoms with Gasteiger partial charge in [0.15, 0.2) is 11.6 Å². The van der Waals surface area contributed by atoms with Gasteiger partial charge in [-0.3, -0.25) is 19.2 Å². The van der Waals surface area contributed by atoms with Crippen LogP contribution in [0.25, 0.3) is 6.08 Å². The third kappa shape index (κ3) is 3.42. The first-order valence-electron chi connectivity index (χ1n) is 12.1. The standard InChI is InChI=1S/C30H24N2O5/c1-17(33)18-7-12-21(13-8-18)31-29(35)25-24-16-11-19-5-3-4-6-23(19)32(24)27(26(25)30(31)36)28(34)20-9-14-22(37-2)15-10-20/h3-16,24-27H,1-2H3/t24-,25-,26-,27+/m0/s1. The number of anilines is 2. The number of rotatable bonds is 5. The van der Waals surface area contributed by atoms with Crippen molar-refractivity contribution < 1.29 is 23.9 Å². The lowest BCUT2D eigenvalue weighted by Crippen LogP contribution is -2.48. The van der Waals surface area contributed by atoms with Crippen LogP contribution in [0.2, 0.25) is 0 Å². The molecule has 4 atom stereocenters. The van der Waals surface area contributed by atoms with E-state index < -0.39 is 29.8 Å². The van der Waals surface area contributed by atoms with Crippen molar-refractivity contribution in [3.8, 4) is 5.75 Å². The number of imide groups is 1. The van der Waals surface area contributed by atoms with Crippen LogP contribution in [0.5, 0.6) is 5.75 Å². The van der Waals surface area contributed by atoms with Crippen LogP contribution >= 0.6 is 0 Å². The summed E-state index contributed by atoms with van der Waals surface area (Å²) < 4.78 is 5.24. The van der Waals surface area contributed by atoms with E-state index >= 15 is 0 Å². The van der Waals surface area contributed by atoms with Crippen LogP contribution in [0, 0.1) is 11.8 Å². The smallest absolute Gasteiger partial charge is 0.240 e. The van der Waals surface area contributed by atoms with Gasteiger partial charge < -0.3 is 9.64 Å². The molecule has 7 heteroatoms. The number of fused-ring (bicyclic) bond motifs is 5. The number of nitrogens with zero attached hydrogens (tertiary/aromatic N) is 2. The minimum atomic E-state index is -0.854. The van der Waals surface area contributed by atoms with Crippen molar-refractivity contribution in [2.45, 2.75) is 19.0 Å². The maximum Gasteiger partial charge on any atom is 0.240 e. The molecule has 3 aliphatic heterocycles. The second-order valence-corrected chi connectivity index (χ2v) is 9.52. The molecule has 0 spiro atoms. The van der Waals surface area contributed by atoms with Gasteiger partial charge in [-0.25, -0.2) is 4.90 Å². The number of amides is 2. The molecule has 2 saturated heterocycles. The third-order valence-corrected chi connectivity index (χ3v) is 7.59. The molecule has 184 valence electrons. The molecular weight excluding hydrogens is 468 g/mol. The van der Waals surface area contributed by atoms with Crippen LogP contribution < -0.4 is 14.5 Å². The summed E-state index contributed by atoms with van der Waals surface area (Å²) in [6, 6.07) is 19.6. The first-order chi connectivity index (χ1) is 17.9. The number of benzene rings is 3. The lowest BCUT2D eigenvalue weighted by molar-refractivity contribution is -0.122. The van der Waals surface area contributed by atoms with Crippen molar-refractivity contribution in [1.82, 2.24) is 0 Å². The van der Waals surface area contributed by atoms with E-state index in [4.69, 9.17) is 4.74 Å². The van der Waals surface area contributed by atoms with E-state index in [1.807, 2.05) is 41.3 Å². The molecule has 3 heterocycles. The van der Waals surface area contributed by atoms with Gasteiger partial charge in [-0.1, -0.05) is 30.4 Å². The van der Waals surface area contributed by atoms with E-state index in [9.17, 15) is 19.2 Å². The number of ketones is 2. The van der Waals surface area contributed by atoms with Crippen molar-refractivity contribution in [3.63, 3.8) is 0 Å². The van der Waals surface area contributed by atoms with Crippen molar-refractivity contribution in [3.05, 3.63) is 95.6 Å². The topological polar surface area (TPSA) is 84.0 Å². The summed E-state index contributed by atoms with van der Waals surface area (Å²) in [5.74, 6) is -2.01. The molecule has 37 heavy (non-hydrogen) atoms. The predicted molar refractivity (Wildman–Crippen MR) is 139 cm³/mol. The molecule has 7 nitrogen and oxygen atoms in total. The van der Waals surface area contributed by atoms with Crippen LogP contribution in [0.1, 0.15) is 33.2 Å². The van der Waals surface area contributed by atoms with Crippen LogP contribution in [0.3, 0.4) is 0 Å². The molecule has 2 fully saturated rings. The fourth-order valence-corrected chi connectivity index (χ4v) is 5.84. The summed E-state index contributed by atoms with van der Waals surface area (Å²) in [6.45, 7) is 1.46. The van der Waals surface area contributed by atoms with Crippen LogP contribution in [0.15, 0.2) is 78.9 Å². The summed E-state index contributed by atoms with van der Waals surface area (Å²) in [6.07, 6.45) is 3.88. The SMILES string of the molecule is COc1ccc(C(=O)[C@H]2[C@H]3C(=O)N(c4ccc(C(C)=O)cc4)C(=O)[C@H]3[C@@H]3C=Cc4ccccc4N32)cc1. The summed E-state index contributed by atoms with van der Waals surface area (Å²) >= 11 is 0. The highest BCUT2D eigenvalue weighted by Crippen LogP contribution is 2.49. The van der Waals surface area contributed by atoms with Gasteiger partial charge in [0.1, 0.15) is 11.8 Å². The van der Waals surface area contributed by atoms with Gasteiger partial charge in [0.25, 0.3) is 0 Å². The molecule has 0 aromatic heterocycles. The summed E-state index contributed by atoms with van der Waals surface area (Å²) in [7, 11) is 1.56. The Morgan fingerprint density at radius 1 is 0.811 bits per heavy atom. The molecule has 2 amide bonds. The molecule has 0 radical (unpaired) electrons. The van der Waals surface area contributed by atoms with Crippen molar-refractivity contribution in [1.29, 1.82) is 0 Å².